The van der Waals surface area contributed by atoms with Gasteiger partial charge in [0.05, 0.1) is 11.9 Å². The third-order valence-electron chi connectivity index (χ3n) is 6.19. The normalized spacial score (nSPS) is 12.3. The summed E-state index contributed by atoms with van der Waals surface area (Å²) in [6.07, 6.45) is 2.14. The molecule has 0 saturated carbocycles. The van der Waals surface area contributed by atoms with E-state index in [2.05, 4.69) is 5.32 Å². The maximum atomic E-state index is 13.5. The SMILES string of the molecule is CC[C@@H](C(=O)NCC(C)C)N(Cc1ccc(C)cc1)C(=O)CCCN(c1cc(C)cc(C)c1)S(C)(=O)=O. The molecule has 0 unspecified atom stereocenters. The van der Waals surface area contributed by atoms with Crippen LogP contribution in [0.5, 0.6) is 0 Å². The lowest BCUT2D eigenvalue weighted by atomic mass is 10.1. The number of benzene rings is 2. The van der Waals surface area contributed by atoms with Crippen molar-refractivity contribution in [3.05, 3.63) is 64.7 Å². The quantitative estimate of drug-likeness (QED) is 0.406. The summed E-state index contributed by atoms with van der Waals surface area (Å²) in [5.74, 6) is -0.0272. The van der Waals surface area contributed by atoms with Crippen LogP contribution in [0.15, 0.2) is 42.5 Å². The molecular formula is C29H43N3O4S. The number of sulfonamides is 1. The molecule has 0 aromatic heterocycles. The van der Waals surface area contributed by atoms with E-state index in [1.54, 1.807) is 4.90 Å². The van der Waals surface area contributed by atoms with Gasteiger partial charge in [-0.3, -0.25) is 13.9 Å². The second kappa shape index (κ2) is 13.6. The zero-order chi connectivity index (χ0) is 27.8. The predicted molar refractivity (Wildman–Crippen MR) is 151 cm³/mol. The summed E-state index contributed by atoms with van der Waals surface area (Å²) in [5.41, 5.74) is 4.62. The monoisotopic (exact) mass is 529 g/mol. The molecule has 0 fully saturated rings. The Morgan fingerprint density at radius 2 is 1.54 bits per heavy atom. The van der Waals surface area contributed by atoms with E-state index >= 15 is 0 Å². The number of nitrogens with zero attached hydrogens (tertiary/aromatic N) is 2. The number of anilines is 1. The molecule has 7 nitrogen and oxygen atoms in total. The molecule has 0 aliphatic rings. The molecule has 0 bridgehead atoms. The molecule has 0 saturated heterocycles. The second-order valence-electron chi connectivity index (χ2n) is 10.4. The van der Waals surface area contributed by atoms with Crippen molar-refractivity contribution in [3.8, 4) is 0 Å². The third-order valence-corrected chi connectivity index (χ3v) is 7.38. The number of hydrogen-bond donors (Lipinski definition) is 1. The maximum Gasteiger partial charge on any atom is 0.242 e. The third kappa shape index (κ3) is 9.50. The smallest absolute Gasteiger partial charge is 0.242 e. The Kier molecular flexibility index (Phi) is 11.2. The Balaban J connectivity index is 2.22. The van der Waals surface area contributed by atoms with Gasteiger partial charge in [-0.1, -0.05) is 56.7 Å². The minimum atomic E-state index is -3.53. The van der Waals surface area contributed by atoms with Gasteiger partial charge in [0.15, 0.2) is 0 Å². The summed E-state index contributed by atoms with van der Waals surface area (Å²) in [4.78, 5) is 28.2. The number of aryl methyl sites for hydroxylation is 3. The molecule has 2 aromatic carbocycles. The summed E-state index contributed by atoms with van der Waals surface area (Å²) in [5, 5.41) is 2.97. The molecule has 0 aliphatic carbocycles. The van der Waals surface area contributed by atoms with Gasteiger partial charge in [0, 0.05) is 26.1 Å². The number of carbonyl (C=O) groups excluding carboxylic acids is 2. The lowest BCUT2D eigenvalue weighted by Gasteiger charge is -2.31. The van der Waals surface area contributed by atoms with Gasteiger partial charge in [-0.2, -0.15) is 0 Å². The minimum absolute atomic E-state index is 0.136. The molecule has 8 heteroatoms. The highest BCUT2D eigenvalue weighted by Crippen LogP contribution is 2.22. The van der Waals surface area contributed by atoms with E-state index in [0.29, 0.717) is 37.5 Å². The molecule has 2 aromatic rings. The van der Waals surface area contributed by atoms with E-state index in [1.807, 2.05) is 84.0 Å². The summed E-state index contributed by atoms with van der Waals surface area (Å²) in [6.45, 7) is 12.9. The second-order valence-corrected chi connectivity index (χ2v) is 12.3. The van der Waals surface area contributed by atoms with Crippen molar-refractivity contribution in [2.75, 3.05) is 23.7 Å². The predicted octanol–water partition coefficient (Wildman–Crippen LogP) is 4.74. The fourth-order valence-electron chi connectivity index (χ4n) is 4.33. The van der Waals surface area contributed by atoms with E-state index in [4.69, 9.17) is 0 Å². The zero-order valence-electron chi connectivity index (χ0n) is 23.4. The van der Waals surface area contributed by atoms with Crippen LogP contribution in [0.4, 0.5) is 5.69 Å². The molecule has 0 radical (unpaired) electrons. The van der Waals surface area contributed by atoms with Crippen LogP contribution in [-0.4, -0.2) is 50.5 Å². The van der Waals surface area contributed by atoms with Gasteiger partial charge in [-0.05, 0) is 68.4 Å². The molecule has 37 heavy (non-hydrogen) atoms. The van der Waals surface area contributed by atoms with Gasteiger partial charge < -0.3 is 10.2 Å². The summed E-state index contributed by atoms with van der Waals surface area (Å²) in [7, 11) is -3.53. The Morgan fingerprint density at radius 3 is 2.05 bits per heavy atom. The largest absolute Gasteiger partial charge is 0.354 e. The maximum absolute atomic E-state index is 13.5. The molecule has 0 heterocycles. The van der Waals surface area contributed by atoms with Crippen LogP contribution in [0, 0.1) is 26.7 Å². The fourth-order valence-corrected chi connectivity index (χ4v) is 5.28. The van der Waals surface area contributed by atoms with Gasteiger partial charge in [-0.25, -0.2) is 8.42 Å². The van der Waals surface area contributed by atoms with Crippen molar-refractivity contribution in [1.82, 2.24) is 10.2 Å². The number of nitrogens with one attached hydrogen (secondary N) is 1. The molecule has 1 atom stereocenters. The number of hydrogen-bond acceptors (Lipinski definition) is 4. The number of carbonyl (C=O) groups is 2. The summed E-state index contributed by atoms with van der Waals surface area (Å²) in [6, 6.07) is 13.0. The molecule has 2 amide bonds. The van der Waals surface area contributed by atoms with Crippen LogP contribution in [0.3, 0.4) is 0 Å². The molecule has 1 N–H and O–H groups in total. The highest BCUT2D eigenvalue weighted by atomic mass is 32.2. The molecular weight excluding hydrogens is 486 g/mol. The fraction of sp³-hybridized carbons (Fsp3) is 0.517. The van der Waals surface area contributed by atoms with E-state index < -0.39 is 16.1 Å². The average molecular weight is 530 g/mol. The first-order valence-corrected chi connectivity index (χ1v) is 14.8. The highest BCUT2D eigenvalue weighted by Gasteiger charge is 2.29. The van der Waals surface area contributed by atoms with E-state index in [1.165, 1.54) is 10.6 Å². The van der Waals surface area contributed by atoms with Gasteiger partial charge in [0.2, 0.25) is 21.8 Å². The van der Waals surface area contributed by atoms with Gasteiger partial charge in [-0.15, -0.1) is 0 Å². The Bertz CT molecular complexity index is 1140. The first-order valence-electron chi connectivity index (χ1n) is 13.0. The molecule has 2 rings (SSSR count). The standard InChI is InChI=1S/C29H43N3O4S/c1-8-27(29(34)30-19-21(2)3)31(20-25-13-11-22(4)12-14-25)28(33)10-9-15-32(37(7,35)36)26-17-23(5)16-24(6)18-26/h11-14,16-18,21,27H,8-10,15,19-20H2,1-7H3,(H,30,34)/t27-/m0/s1. The van der Waals surface area contributed by atoms with Crippen molar-refractivity contribution < 1.29 is 18.0 Å². The van der Waals surface area contributed by atoms with Gasteiger partial charge >= 0.3 is 0 Å². The molecule has 0 spiro atoms. The van der Waals surface area contributed by atoms with Crippen LogP contribution in [-0.2, 0) is 26.2 Å². The Labute approximate surface area is 223 Å². The Morgan fingerprint density at radius 1 is 0.946 bits per heavy atom. The molecule has 204 valence electrons. The lowest BCUT2D eigenvalue weighted by Crippen LogP contribution is -2.49. The molecule has 0 aliphatic heterocycles. The Hall–Kier alpha value is -2.87. The van der Waals surface area contributed by atoms with Crippen molar-refractivity contribution in [1.29, 1.82) is 0 Å². The van der Waals surface area contributed by atoms with Gasteiger partial charge in [0.25, 0.3) is 0 Å². The average Bonchev–Trinajstić information content (AvgIpc) is 2.79. The van der Waals surface area contributed by atoms with E-state index in [9.17, 15) is 18.0 Å². The zero-order valence-corrected chi connectivity index (χ0v) is 24.2. The first-order chi connectivity index (χ1) is 17.3. The number of rotatable bonds is 13. The van der Waals surface area contributed by atoms with Crippen LogP contribution in [0.2, 0.25) is 0 Å². The van der Waals surface area contributed by atoms with Crippen LogP contribution >= 0.6 is 0 Å². The van der Waals surface area contributed by atoms with Crippen molar-refractivity contribution >= 4 is 27.5 Å². The summed E-state index contributed by atoms with van der Waals surface area (Å²) >= 11 is 0. The van der Waals surface area contributed by atoms with Crippen molar-refractivity contribution in [2.24, 2.45) is 5.92 Å². The topological polar surface area (TPSA) is 86.8 Å². The van der Waals surface area contributed by atoms with Gasteiger partial charge in [0.1, 0.15) is 6.04 Å². The lowest BCUT2D eigenvalue weighted by molar-refractivity contribution is -0.141. The minimum Gasteiger partial charge on any atom is -0.354 e. The van der Waals surface area contributed by atoms with Crippen LogP contribution in [0.25, 0.3) is 0 Å². The first kappa shape index (κ1) is 30.4. The van der Waals surface area contributed by atoms with Crippen LogP contribution in [0.1, 0.15) is 62.3 Å². The highest BCUT2D eigenvalue weighted by molar-refractivity contribution is 7.92. The van der Waals surface area contributed by atoms with Crippen molar-refractivity contribution in [3.63, 3.8) is 0 Å². The summed E-state index contributed by atoms with van der Waals surface area (Å²) < 4.78 is 26.5. The van der Waals surface area contributed by atoms with Crippen LogP contribution < -0.4 is 9.62 Å². The van der Waals surface area contributed by atoms with E-state index in [-0.39, 0.29) is 24.8 Å². The van der Waals surface area contributed by atoms with Crippen molar-refractivity contribution in [2.45, 2.75) is 73.4 Å². The van der Waals surface area contributed by atoms with E-state index in [0.717, 1.165) is 22.3 Å². The number of amides is 2.